The van der Waals surface area contributed by atoms with Crippen molar-refractivity contribution in [2.24, 2.45) is 0 Å². The second kappa shape index (κ2) is 8.89. The van der Waals surface area contributed by atoms with Gasteiger partial charge < -0.3 is 4.43 Å². The predicted molar refractivity (Wildman–Crippen MR) is 93.2 cm³/mol. The number of carbonyl (C=O) groups is 1. The molecular formula is C18H34O2Si. The van der Waals surface area contributed by atoms with Crippen molar-refractivity contribution >= 4 is 14.1 Å². The molecule has 1 unspecified atom stereocenters. The topological polar surface area (TPSA) is 26.3 Å². The maximum atomic E-state index is 12.9. The summed E-state index contributed by atoms with van der Waals surface area (Å²) in [7, 11) is -1.76. The number of hydrogen-bond donors (Lipinski definition) is 0. The lowest BCUT2D eigenvalue weighted by Gasteiger charge is -2.36. The van der Waals surface area contributed by atoms with Crippen LogP contribution in [0.1, 0.15) is 71.1 Å². The Labute approximate surface area is 132 Å². The minimum absolute atomic E-state index is 0.309. The van der Waals surface area contributed by atoms with E-state index in [1.54, 1.807) is 0 Å². The largest absolute Gasteiger partial charge is 0.402 e. The summed E-state index contributed by atoms with van der Waals surface area (Å²) in [5, 5.41) is 0. The van der Waals surface area contributed by atoms with Crippen LogP contribution in [-0.4, -0.2) is 19.7 Å². The van der Waals surface area contributed by atoms with Gasteiger partial charge in [0.1, 0.15) is 5.60 Å². The highest BCUT2D eigenvalue weighted by Crippen LogP contribution is 2.30. The molecule has 0 aromatic rings. The van der Waals surface area contributed by atoms with Gasteiger partial charge in [-0.05, 0) is 45.8 Å². The van der Waals surface area contributed by atoms with Gasteiger partial charge in [0.05, 0.1) is 0 Å². The Morgan fingerprint density at radius 1 is 0.952 bits per heavy atom. The lowest BCUT2D eigenvalue weighted by atomic mass is 9.87. The standard InChI is InChI=1S/C18H34O2Si/c1-5-15-18(20-21(2,3)4)16-13-11-9-7-6-8-10-12-14-17(18)19/h5,15H,6-14,16H2,1-4H3/b15-5+. The Morgan fingerprint density at radius 3 is 2.00 bits per heavy atom. The lowest BCUT2D eigenvalue weighted by Crippen LogP contribution is -2.47. The Kier molecular flexibility index (Phi) is 7.89. The van der Waals surface area contributed by atoms with Gasteiger partial charge in [-0.25, -0.2) is 0 Å². The van der Waals surface area contributed by atoms with Crippen molar-refractivity contribution in [3.05, 3.63) is 12.2 Å². The molecule has 0 spiro atoms. The fourth-order valence-electron chi connectivity index (χ4n) is 3.22. The van der Waals surface area contributed by atoms with Crippen molar-refractivity contribution in [2.45, 2.75) is 96.4 Å². The van der Waals surface area contributed by atoms with E-state index in [0.29, 0.717) is 12.2 Å². The fraction of sp³-hybridized carbons (Fsp3) is 0.833. The number of ketones is 1. The maximum absolute atomic E-state index is 12.9. The van der Waals surface area contributed by atoms with Gasteiger partial charge in [0.2, 0.25) is 0 Å². The minimum atomic E-state index is -1.76. The van der Waals surface area contributed by atoms with Crippen LogP contribution in [0.15, 0.2) is 12.2 Å². The highest BCUT2D eigenvalue weighted by atomic mass is 28.4. The van der Waals surface area contributed by atoms with Crippen LogP contribution < -0.4 is 0 Å². The molecule has 0 saturated heterocycles. The van der Waals surface area contributed by atoms with Gasteiger partial charge in [-0.2, -0.15) is 0 Å². The highest BCUT2D eigenvalue weighted by Gasteiger charge is 2.39. The van der Waals surface area contributed by atoms with Crippen molar-refractivity contribution in [3.8, 4) is 0 Å². The third-order valence-electron chi connectivity index (χ3n) is 4.10. The zero-order valence-corrected chi connectivity index (χ0v) is 15.5. The molecule has 0 amide bonds. The molecule has 1 aliphatic carbocycles. The molecular weight excluding hydrogens is 276 g/mol. The van der Waals surface area contributed by atoms with Gasteiger partial charge >= 0.3 is 0 Å². The summed E-state index contributed by atoms with van der Waals surface area (Å²) in [5.41, 5.74) is -0.640. The van der Waals surface area contributed by atoms with Gasteiger partial charge in [-0.15, -0.1) is 0 Å². The van der Waals surface area contributed by atoms with E-state index in [0.717, 1.165) is 19.3 Å². The number of carbonyl (C=O) groups excluding carboxylic acids is 1. The molecule has 2 nitrogen and oxygen atoms in total. The zero-order valence-electron chi connectivity index (χ0n) is 14.5. The van der Waals surface area contributed by atoms with E-state index in [4.69, 9.17) is 4.43 Å². The molecule has 21 heavy (non-hydrogen) atoms. The summed E-state index contributed by atoms with van der Waals surface area (Å²) < 4.78 is 6.43. The normalized spacial score (nSPS) is 27.3. The Balaban J connectivity index is 2.90. The van der Waals surface area contributed by atoms with Gasteiger partial charge in [0.25, 0.3) is 0 Å². The van der Waals surface area contributed by atoms with Gasteiger partial charge in [0, 0.05) is 6.42 Å². The third-order valence-corrected chi connectivity index (χ3v) is 5.07. The van der Waals surface area contributed by atoms with Crippen LogP contribution in [0, 0.1) is 0 Å². The molecule has 1 fully saturated rings. The molecule has 0 aliphatic heterocycles. The van der Waals surface area contributed by atoms with Crippen molar-refractivity contribution in [1.82, 2.24) is 0 Å². The molecule has 0 radical (unpaired) electrons. The smallest absolute Gasteiger partial charge is 0.185 e. The van der Waals surface area contributed by atoms with Crippen LogP contribution in [0.5, 0.6) is 0 Å². The van der Waals surface area contributed by atoms with Crippen LogP contribution in [-0.2, 0) is 9.22 Å². The summed E-state index contributed by atoms with van der Waals surface area (Å²) in [5.74, 6) is 0.309. The first kappa shape index (κ1) is 18.6. The maximum Gasteiger partial charge on any atom is 0.185 e. The molecule has 1 aliphatic rings. The van der Waals surface area contributed by atoms with E-state index in [-0.39, 0.29) is 0 Å². The Morgan fingerprint density at radius 2 is 1.48 bits per heavy atom. The number of hydrogen-bond acceptors (Lipinski definition) is 2. The van der Waals surface area contributed by atoms with Gasteiger partial charge in [0.15, 0.2) is 14.1 Å². The number of allylic oxidation sites excluding steroid dienone is 1. The molecule has 122 valence electrons. The number of rotatable bonds is 3. The van der Waals surface area contributed by atoms with Crippen LogP contribution in [0.25, 0.3) is 0 Å². The number of Topliss-reactive ketones (excluding diaryl/α,β-unsaturated/α-hetero) is 1. The summed E-state index contributed by atoms with van der Waals surface area (Å²) in [4.78, 5) is 12.9. The molecule has 0 aromatic heterocycles. The SMILES string of the molecule is C/C=C/C1(O[Si](C)(C)C)CCCCCCCCCCC1=O. The van der Waals surface area contributed by atoms with Crippen LogP contribution in [0.2, 0.25) is 19.6 Å². The molecule has 0 heterocycles. The average molecular weight is 311 g/mol. The van der Waals surface area contributed by atoms with E-state index in [2.05, 4.69) is 19.6 Å². The van der Waals surface area contributed by atoms with Crippen molar-refractivity contribution in [1.29, 1.82) is 0 Å². The second-order valence-corrected chi connectivity index (χ2v) is 11.8. The van der Waals surface area contributed by atoms with Crippen LogP contribution >= 0.6 is 0 Å². The Hall–Kier alpha value is -0.413. The molecule has 3 heteroatoms. The van der Waals surface area contributed by atoms with Crippen molar-refractivity contribution < 1.29 is 9.22 Å². The van der Waals surface area contributed by atoms with Gasteiger partial charge in [-0.1, -0.05) is 50.7 Å². The molecule has 1 rings (SSSR count). The molecule has 1 saturated carbocycles. The summed E-state index contributed by atoms with van der Waals surface area (Å²) in [6.07, 6.45) is 15.4. The van der Waals surface area contributed by atoms with Crippen LogP contribution in [0.3, 0.4) is 0 Å². The fourth-order valence-corrected chi connectivity index (χ4v) is 4.60. The monoisotopic (exact) mass is 310 g/mol. The summed E-state index contributed by atoms with van der Waals surface area (Å²) in [6.45, 7) is 8.55. The molecule has 0 aromatic carbocycles. The van der Waals surface area contributed by atoms with E-state index in [1.165, 1.54) is 38.5 Å². The summed E-state index contributed by atoms with van der Waals surface area (Å²) in [6, 6.07) is 0. The highest BCUT2D eigenvalue weighted by molar-refractivity contribution is 6.70. The molecule has 0 N–H and O–H groups in total. The second-order valence-electron chi connectivity index (χ2n) is 7.36. The molecule has 0 bridgehead atoms. The molecule has 1 atom stereocenters. The first-order chi connectivity index (χ1) is 9.90. The van der Waals surface area contributed by atoms with E-state index < -0.39 is 13.9 Å². The van der Waals surface area contributed by atoms with Gasteiger partial charge in [-0.3, -0.25) is 4.79 Å². The quantitative estimate of drug-likeness (QED) is 0.498. The van der Waals surface area contributed by atoms with Crippen molar-refractivity contribution in [3.63, 3.8) is 0 Å². The van der Waals surface area contributed by atoms with E-state index in [9.17, 15) is 4.79 Å². The van der Waals surface area contributed by atoms with E-state index >= 15 is 0 Å². The Bertz CT molecular complexity index is 344. The minimum Gasteiger partial charge on any atom is -0.402 e. The first-order valence-corrected chi connectivity index (χ1v) is 12.2. The predicted octanol–water partition coefficient (Wildman–Crippen LogP) is 5.64. The van der Waals surface area contributed by atoms with Crippen molar-refractivity contribution in [2.75, 3.05) is 0 Å². The zero-order chi connectivity index (χ0) is 15.8. The third kappa shape index (κ3) is 6.92. The lowest BCUT2D eigenvalue weighted by molar-refractivity contribution is -0.132. The van der Waals surface area contributed by atoms with Crippen LogP contribution in [0.4, 0.5) is 0 Å². The summed E-state index contributed by atoms with van der Waals surface area (Å²) >= 11 is 0. The van der Waals surface area contributed by atoms with E-state index in [1.807, 2.05) is 19.1 Å². The average Bonchev–Trinajstić information content (AvgIpc) is 2.37. The first-order valence-electron chi connectivity index (χ1n) is 8.77.